The van der Waals surface area contributed by atoms with E-state index in [1.54, 1.807) is 19.1 Å². The van der Waals surface area contributed by atoms with E-state index in [9.17, 15) is 14.7 Å². The van der Waals surface area contributed by atoms with Crippen molar-refractivity contribution in [2.45, 2.75) is 49.9 Å². The Kier molecular flexibility index (Phi) is 8.07. The fourth-order valence-electron chi connectivity index (χ4n) is 5.76. The average Bonchev–Trinajstić information content (AvgIpc) is 3.37. The van der Waals surface area contributed by atoms with Gasteiger partial charge in [0.15, 0.2) is 11.5 Å². The van der Waals surface area contributed by atoms with E-state index in [1.165, 1.54) is 0 Å². The summed E-state index contributed by atoms with van der Waals surface area (Å²) in [5.41, 5.74) is 2.20. The van der Waals surface area contributed by atoms with Crippen LogP contribution in [0.25, 0.3) is 5.69 Å². The van der Waals surface area contributed by atoms with Gasteiger partial charge in [0.25, 0.3) is 0 Å². The summed E-state index contributed by atoms with van der Waals surface area (Å²) in [4.78, 5) is 26.0. The highest BCUT2D eigenvalue weighted by molar-refractivity contribution is 6.30. The third-order valence-electron chi connectivity index (χ3n) is 7.81. The van der Waals surface area contributed by atoms with Crippen LogP contribution in [0.3, 0.4) is 0 Å². The molecule has 0 radical (unpaired) electrons. The maximum absolute atomic E-state index is 13.2. The Morgan fingerprint density at radius 3 is 2.55 bits per heavy atom. The SMILES string of the molecule is COc1cccc([C@H]2O[C@H](CCC(=O)N3CCC(O)(CC(=O)O)CC3)c3cccn3-c3ccc(Cl)cc32)c1OC. The summed E-state index contributed by atoms with van der Waals surface area (Å²) < 4.78 is 20.2. The molecule has 2 atom stereocenters. The number of methoxy groups -OCH3 is 2. The highest BCUT2D eigenvalue weighted by atomic mass is 35.5. The molecule has 212 valence electrons. The molecule has 0 spiro atoms. The predicted molar refractivity (Wildman–Crippen MR) is 148 cm³/mol. The summed E-state index contributed by atoms with van der Waals surface area (Å²) >= 11 is 6.47. The topological polar surface area (TPSA) is 110 Å². The lowest BCUT2D eigenvalue weighted by molar-refractivity contribution is -0.146. The van der Waals surface area contributed by atoms with Crippen LogP contribution in [-0.4, -0.2) is 64.5 Å². The number of hydrogen-bond donors (Lipinski definition) is 2. The number of carbonyl (C=O) groups is 2. The monoisotopic (exact) mass is 568 g/mol. The summed E-state index contributed by atoms with van der Waals surface area (Å²) in [7, 11) is 3.18. The number of likely N-dealkylation sites (tertiary alicyclic amines) is 1. The summed E-state index contributed by atoms with van der Waals surface area (Å²) in [5, 5.41) is 20.2. The number of carbonyl (C=O) groups excluding carboxylic acids is 1. The van der Waals surface area contributed by atoms with Crippen molar-refractivity contribution in [2.24, 2.45) is 0 Å². The molecule has 3 aromatic rings. The van der Waals surface area contributed by atoms with Crippen molar-refractivity contribution in [3.05, 3.63) is 76.6 Å². The highest BCUT2D eigenvalue weighted by Crippen LogP contribution is 2.46. The molecule has 2 aliphatic rings. The molecule has 1 amide bonds. The molecule has 1 aromatic heterocycles. The molecule has 1 saturated heterocycles. The van der Waals surface area contributed by atoms with Gasteiger partial charge in [-0.25, -0.2) is 0 Å². The van der Waals surface area contributed by atoms with E-state index in [4.69, 9.17) is 30.9 Å². The Morgan fingerprint density at radius 2 is 1.85 bits per heavy atom. The number of carboxylic acid groups (broad SMARTS) is 1. The van der Waals surface area contributed by atoms with E-state index in [1.807, 2.05) is 54.7 Å². The number of rotatable bonds is 8. The number of carboxylic acids is 1. The Balaban J connectivity index is 1.42. The molecule has 2 aromatic carbocycles. The first kappa shape index (κ1) is 28.0. The number of hydrogen-bond acceptors (Lipinski definition) is 6. The molecule has 2 aliphatic heterocycles. The minimum Gasteiger partial charge on any atom is -0.493 e. The number of aromatic nitrogens is 1. The summed E-state index contributed by atoms with van der Waals surface area (Å²) in [6, 6.07) is 15.3. The zero-order chi connectivity index (χ0) is 28.4. The van der Waals surface area contributed by atoms with Gasteiger partial charge >= 0.3 is 5.97 Å². The van der Waals surface area contributed by atoms with Gasteiger partial charge in [-0.15, -0.1) is 0 Å². The van der Waals surface area contributed by atoms with E-state index in [0.29, 0.717) is 36.0 Å². The summed E-state index contributed by atoms with van der Waals surface area (Å²) in [5.74, 6) is 0.0416. The molecule has 10 heteroatoms. The van der Waals surface area contributed by atoms with Crippen molar-refractivity contribution in [1.82, 2.24) is 9.47 Å². The minimum absolute atomic E-state index is 0.0561. The molecule has 1 fully saturated rings. The highest BCUT2D eigenvalue weighted by Gasteiger charge is 2.37. The van der Waals surface area contributed by atoms with Crippen LogP contribution in [0.1, 0.15) is 61.1 Å². The number of benzene rings is 2. The van der Waals surface area contributed by atoms with Crippen molar-refractivity contribution in [1.29, 1.82) is 0 Å². The van der Waals surface area contributed by atoms with Crippen molar-refractivity contribution in [3.63, 3.8) is 0 Å². The fraction of sp³-hybridized carbons (Fsp3) is 0.400. The van der Waals surface area contributed by atoms with Crippen LogP contribution in [-0.2, 0) is 14.3 Å². The smallest absolute Gasteiger partial charge is 0.306 e. The number of ether oxygens (including phenoxy) is 3. The van der Waals surface area contributed by atoms with Crippen molar-refractivity contribution in [2.75, 3.05) is 27.3 Å². The van der Waals surface area contributed by atoms with Crippen molar-refractivity contribution in [3.8, 4) is 17.2 Å². The molecule has 2 N–H and O–H groups in total. The number of fused-ring (bicyclic) bond motifs is 3. The molecular weight excluding hydrogens is 536 g/mol. The lowest BCUT2D eigenvalue weighted by atomic mass is 9.88. The first-order valence-electron chi connectivity index (χ1n) is 13.3. The fourth-order valence-corrected chi connectivity index (χ4v) is 5.94. The van der Waals surface area contributed by atoms with Crippen LogP contribution in [0, 0.1) is 0 Å². The predicted octanol–water partition coefficient (Wildman–Crippen LogP) is 4.92. The van der Waals surface area contributed by atoms with Crippen LogP contribution < -0.4 is 9.47 Å². The van der Waals surface area contributed by atoms with E-state index < -0.39 is 23.8 Å². The molecule has 0 aliphatic carbocycles. The van der Waals surface area contributed by atoms with Gasteiger partial charge in [-0.05, 0) is 55.7 Å². The van der Waals surface area contributed by atoms with Gasteiger partial charge < -0.3 is 33.9 Å². The molecule has 40 heavy (non-hydrogen) atoms. The Hall–Kier alpha value is -3.53. The van der Waals surface area contributed by atoms with Gasteiger partial charge in [0.05, 0.1) is 43.7 Å². The first-order valence-corrected chi connectivity index (χ1v) is 13.7. The van der Waals surface area contributed by atoms with Crippen LogP contribution >= 0.6 is 11.6 Å². The molecule has 5 rings (SSSR count). The summed E-state index contributed by atoms with van der Waals surface area (Å²) in [6.07, 6.45) is 1.79. The van der Waals surface area contributed by atoms with E-state index in [-0.39, 0.29) is 31.6 Å². The Morgan fingerprint density at radius 1 is 1.07 bits per heavy atom. The van der Waals surface area contributed by atoms with E-state index in [2.05, 4.69) is 4.57 Å². The van der Waals surface area contributed by atoms with E-state index in [0.717, 1.165) is 22.5 Å². The number of piperidine rings is 1. The van der Waals surface area contributed by atoms with Crippen LogP contribution in [0.15, 0.2) is 54.7 Å². The first-order chi connectivity index (χ1) is 19.2. The number of halogens is 1. The van der Waals surface area contributed by atoms with Gasteiger partial charge in [-0.2, -0.15) is 0 Å². The van der Waals surface area contributed by atoms with Gasteiger partial charge in [-0.1, -0.05) is 23.7 Å². The van der Waals surface area contributed by atoms with Gasteiger partial charge in [0.2, 0.25) is 5.91 Å². The third-order valence-corrected chi connectivity index (χ3v) is 8.04. The Bertz CT molecular complexity index is 1400. The maximum atomic E-state index is 13.2. The maximum Gasteiger partial charge on any atom is 0.306 e. The van der Waals surface area contributed by atoms with Crippen LogP contribution in [0.2, 0.25) is 5.02 Å². The molecule has 9 nitrogen and oxygen atoms in total. The number of nitrogens with zero attached hydrogens (tertiary/aromatic N) is 2. The molecule has 0 unspecified atom stereocenters. The standard InChI is InChI=1S/C30H33ClN2O7/c1-38-25-7-3-5-20(29(25)39-2)28-21-17-19(31)8-9-22(21)33-14-4-6-23(33)24(40-28)10-11-26(34)32-15-12-30(37,13-16-32)18-27(35)36/h3-9,14,17,24,28,37H,10-13,15-16,18H2,1-2H3,(H,35,36)/t24-,28-/m1/s1. The molecule has 0 bridgehead atoms. The molecular formula is C30H33ClN2O7. The second-order valence-electron chi connectivity index (χ2n) is 10.3. The van der Waals surface area contributed by atoms with Gasteiger partial charge in [0, 0.05) is 41.9 Å². The number of amides is 1. The average molecular weight is 569 g/mol. The third kappa shape index (κ3) is 5.54. The lowest BCUT2D eigenvalue weighted by Crippen LogP contribution is -2.47. The van der Waals surface area contributed by atoms with Crippen molar-refractivity contribution >= 4 is 23.5 Å². The molecule has 3 heterocycles. The normalized spacial score (nSPS) is 19.8. The largest absolute Gasteiger partial charge is 0.493 e. The van der Waals surface area contributed by atoms with Gasteiger partial charge in [-0.3, -0.25) is 9.59 Å². The second kappa shape index (κ2) is 11.5. The van der Waals surface area contributed by atoms with Gasteiger partial charge in [0.1, 0.15) is 6.10 Å². The number of para-hydroxylation sites is 1. The quantitative estimate of drug-likeness (QED) is 0.397. The van der Waals surface area contributed by atoms with Crippen LogP contribution in [0.5, 0.6) is 11.5 Å². The molecule has 0 saturated carbocycles. The Labute approximate surface area is 237 Å². The van der Waals surface area contributed by atoms with E-state index >= 15 is 0 Å². The zero-order valence-corrected chi connectivity index (χ0v) is 23.3. The minimum atomic E-state index is -1.27. The summed E-state index contributed by atoms with van der Waals surface area (Å²) in [6.45, 7) is 0.635. The lowest BCUT2D eigenvalue weighted by Gasteiger charge is -2.37. The second-order valence-corrected chi connectivity index (χ2v) is 10.7. The van der Waals surface area contributed by atoms with Crippen LogP contribution in [0.4, 0.5) is 0 Å². The van der Waals surface area contributed by atoms with Crippen molar-refractivity contribution < 1.29 is 34.0 Å². The number of aliphatic hydroxyl groups is 1. The number of aliphatic carboxylic acids is 1. The zero-order valence-electron chi connectivity index (χ0n) is 22.5.